The highest BCUT2D eigenvalue weighted by Crippen LogP contribution is 2.48. The fourth-order valence-electron chi connectivity index (χ4n) is 5.28. The van der Waals surface area contributed by atoms with Gasteiger partial charge in [0.25, 0.3) is 0 Å². The molecule has 232 valence electrons. The van der Waals surface area contributed by atoms with Crippen LogP contribution >= 0.6 is 22.7 Å². The first-order valence-corrected chi connectivity index (χ1v) is 15.9. The van der Waals surface area contributed by atoms with Crippen LogP contribution in [0.4, 0.5) is 8.78 Å². The Morgan fingerprint density at radius 3 is 2.69 bits per heavy atom. The Morgan fingerprint density at radius 2 is 1.98 bits per heavy atom. The number of aliphatic hydroxyl groups is 1. The molecule has 1 aliphatic rings. The van der Waals surface area contributed by atoms with Gasteiger partial charge < -0.3 is 19.5 Å². The third kappa shape index (κ3) is 5.98. The molecule has 0 radical (unpaired) electrons. The van der Waals surface area contributed by atoms with Crippen molar-refractivity contribution in [3.05, 3.63) is 82.5 Å². The Hall–Kier alpha value is -4.10. The third-order valence-electron chi connectivity index (χ3n) is 7.51. The van der Waals surface area contributed by atoms with Crippen LogP contribution in [0.3, 0.4) is 0 Å². The molecule has 12 heteroatoms. The number of aromatic nitrogens is 3. The first-order valence-electron chi connectivity index (χ1n) is 14.2. The number of carbonyl (C=O) groups is 1. The van der Waals surface area contributed by atoms with Gasteiger partial charge in [0.1, 0.15) is 40.3 Å². The van der Waals surface area contributed by atoms with Crippen LogP contribution in [-0.2, 0) is 28.1 Å². The van der Waals surface area contributed by atoms with Crippen LogP contribution < -0.4 is 4.74 Å². The topological polar surface area (TPSA) is 97.7 Å². The Balaban J connectivity index is 1.60. The van der Waals surface area contributed by atoms with Crippen molar-refractivity contribution in [2.75, 3.05) is 26.9 Å². The van der Waals surface area contributed by atoms with Crippen molar-refractivity contribution >= 4 is 38.7 Å². The van der Waals surface area contributed by atoms with Crippen molar-refractivity contribution < 1.29 is 28.2 Å². The zero-order valence-corrected chi connectivity index (χ0v) is 26.5. The number of carbonyl (C=O) groups excluding carboxylic acids is 1. The average Bonchev–Trinajstić information content (AvgIpc) is 3.67. The van der Waals surface area contributed by atoms with E-state index in [0.717, 1.165) is 28.1 Å². The molecule has 0 saturated carbocycles. The molecule has 8 nitrogen and oxygen atoms in total. The van der Waals surface area contributed by atoms with E-state index in [1.807, 2.05) is 17.5 Å². The summed E-state index contributed by atoms with van der Waals surface area (Å²) in [5.41, 5.74) is 2.41. The van der Waals surface area contributed by atoms with Crippen molar-refractivity contribution in [1.82, 2.24) is 19.9 Å². The number of nitrogens with zero attached hydrogens (tertiary/aromatic N) is 4. The molecule has 0 spiro atoms. The quantitative estimate of drug-likeness (QED) is 0.140. The lowest BCUT2D eigenvalue weighted by Gasteiger charge is -2.24. The maximum Gasteiger partial charge on any atom is 0.246 e. The molecule has 45 heavy (non-hydrogen) atoms. The second kappa shape index (κ2) is 12.4. The highest BCUT2D eigenvalue weighted by Gasteiger charge is 2.29. The standard InChI is InChI=1S/C33H30F2N4O4S2/c1-5-26(40)39-10-8-22-24(17-39)45-32(37-22)30-28(27-21(35)14-19(34)15-23(27)43-12-11-42-4)31-20(9-13-44-31)29(38-30)18-6-7-25(36-16-18)33(2,3)41/h5-7,9,13-16,41H,1,8,10-12,17H2,2-4H3. The summed E-state index contributed by atoms with van der Waals surface area (Å²) in [4.78, 5) is 29.5. The molecule has 0 unspecified atom stereocenters. The van der Waals surface area contributed by atoms with Gasteiger partial charge in [-0.15, -0.1) is 22.7 Å². The lowest BCUT2D eigenvalue weighted by atomic mass is 9.97. The molecule has 0 aliphatic carbocycles. The fraction of sp³-hybridized carbons (Fsp3) is 0.273. The van der Waals surface area contributed by atoms with E-state index in [2.05, 4.69) is 11.6 Å². The minimum Gasteiger partial charge on any atom is -0.490 e. The van der Waals surface area contributed by atoms with Gasteiger partial charge in [-0.05, 0) is 43.5 Å². The zero-order valence-electron chi connectivity index (χ0n) is 24.9. The molecule has 5 heterocycles. The number of hydrogen-bond acceptors (Lipinski definition) is 9. The Labute approximate surface area is 266 Å². The smallest absolute Gasteiger partial charge is 0.246 e. The van der Waals surface area contributed by atoms with Gasteiger partial charge in [-0.25, -0.2) is 18.7 Å². The van der Waals surface area contributed by atoms with Gasteiger partial charge in [-0.3, -0.25) is 9.78 Å². The molecular weight excluding hydrogens is 619 g/mol. The monoisotopic (exact) mass is 648 g/mol. The molecule has 0 bridgehead atoms. The van der Waals surface area contributed by atoms with Crippen molar-refractivity contribution in [2.45, 2.75) is 32.4 Å². The molecule has 1 amide bonds. The normalized spacial score (nSPS) is 13.2. The summed E-state index contributed by atoms with van der Waals surface area (Å²) in [5, 5.41) is 13.6. The molecule has 1 N–H and O–H groups in total. The minimum absolute atomic E-state index is 0.0234. The maximum atomic E-state index is 15.9. The number of amides is 1. The van der Waals surface area contributed by atoms with Gasteiger partial charge in [0.05, 0.1) is 35.8 Å². The summed E-state index contributed by atoms with van der Waals surface area (Å²) < 4.78 is 42.2. The van der Waals surface area contributed by atoms with Crippen LogP contribution in [0.15, 0.2) is 54.6 Å². The summed E-state index contributed by atoms with van der Waals surface area (Å²) in [5.74, 6) is -1.71. The summed E-state index contributed by atoms with van der Waals surface area (Å²) in [6, 6.07) is 7.48. The first kappa shape index (κ1) is 30.9. The van der Waals surface area contributed by atoms with Gasteiger partial charge in [-0.1, -0.05) is 6.58 Å². The number of fused-ring (bicyclic) bond motifs is 2. The number of thiophene rings is 1. The molecular formula is C33H30F2N4O4S2. The van der Waals surface area contributed by atoms with Gasteiger partial charge >= 0.3 is 0 Å². The number of halogens is 2. The number of ether oxygens (including phenoxy) is 2. The van der Waals surface area contributed by atoms with Gasteiger partial charge in [-0.2, -0.15) is 0 Å². The molecule has 0 saturated heterocycles. The fourth-order valence-corrected chi connectivity index (χ4v) is 7.35. The molecule has 6 rings (SSSR count). The van der Waals surface area contributed by atoms with Crippen LogP contribution in [0.25, 0.3) is 43.2 Å². The van der Waals surface area contributed by atoms with Crippen molar-refractivity contribution in [3.63, 3.8) is 0 Å². The zero-order chi connectivity index (χ0) is 31.9. The number of thiazole rings is 1. The largest absolute Gasteiger partial charge is 0.490 e. The third-order valence-corrected chi connectivity index (χ3v) is 9.53. The highest BCUT2D eigenvalue weighted by molar-refractivity contribution is 7.18. The number of methoxy groups -OCH3 is 1. The minimum atomic E-state index is -1.13. The molecule has 0 atom stereocenters. The van der Waals surface area contributed by atoms with E-state index in [1.165, 1.54) is 35.9 Å². The highest BCUT2D eigenvalue weighted by atomic mass is 32.1. The van der Waals surface area contributed by atoms with Crippen LogP contribution in [0.5, 0.6) is 5.75 Å². The maximum absolute atomic E-state index is 15.9. The summed E-state index contributed by atoms with van der Waals surface area (Å²) in [7, 11) is 1.52. The summed E-state index contributed by atoms with van der Waals surface area (Å²) in [6.07, 6.45) is 3.50. The molecule has 4 aromatic heterocycles. The second-order valence-electron chi connectivity index (χ2n) is 11.0. The van der Waals surface area contributed by atoms with Crippen molar-refractivity contribution in [1.29, 1.82) is 0 Å². The lowest BCUT2D eigenvalue weighted by molar-refractivity contribution is -0.126. The SMILES string of the molecule is C=CC(=O)N1CCc2nc(-c3nc(-c4ccc(C(C)(C)O)nc4)c4ccsc4c3-c3c(F)cc(F)cc3OCCOC)sc2C1. The van der Waals surface area contributed by atoms with Gasteiger partial charge in [0.2, 0.25) is 5.91 Å². The first-order chi connectivity index (χ1) is 21.6. The van der Waals surface area contributed by atoms with Crippen LogP contribution in [0.1, 0.15) is 30.1 Å². The molecule has 1 aromatic carbocycles. The van der Waals surface area contributed by atoms with E-state index in [-0.39, 0.29) is 30.4 Å². The van der Waals surface area contributed by atoms with E-state index in [9.17, 15) is 14.3 Å². The summed E-state index contributed by atoms with van der Waals surface area (Å²) in [6.45, 7) is 8.11. The molecule has 5 aromatic rings. The van der Waals surface area contributed by atoms with E-state index >= 15 is 4.39 Å². The van der Waals surface area contributed by atoms with E-state index < -0.39 is 17.2 Å². The van der Waals surface area contributed by atoms with Crippen molar-refractivity contribution in [2.24, 2.45) is 0 Å². The summed E-state index contributed by atoms with van der Waals surface area (Å²) >= 11 is 2.78. The predicted molar refractivity (Wildman–Crippen MR) is 171 cm³/mol. The molecule has 1 aliphatic heterocycles. The molecule has 0 fully saturated rings. The van der Waals surface area contributed by atoms with E-state index in [1.54, 1.807) is 31.0 Å². The lowest BCUT2D eigenvalue weighted by Crippen LogP contribution is -2.34. The van der Waals surface area contributed by atoms with Crippen LogP contribution in [-0.4, -0.2) is 57.7 Å². The average molecular weight is 649 g/mol. The Bertz CT molecular complexity index is 1910. The van der Waals surface area contributed by atoms with E-state index in [0.29, 0.717) is 57.4 Å². The Kier molecular flexibility index (Phi) is 8.49. The number of hydrogen-bond donors (Lipinski definition) is 1. The number of benzene rings is 1. The van der Waals surface area contributed by atoms with E-state index in [4.69, 9.17) is 19.4 Å². The van der Waals surface area contributed by atoms with Gasteiger partial charge in [0.15, 0.2) is 0 Å². The number of pyridine rings is 2. The van der Waals surface area contributed by atoms with Crippen molar-refractivity contribution in [3.8, 4) is 38.8 Å². The van der Waals surface area contributed by atoms with Gasteiger partial charge in [0, 0.05) is 64.5 Å². The van der Waals surface area contributed by atoms with Crippen LogP contribution in [0, 0.1) is 11.6 Å². The van der Waals surface area contributed by atoms with Crippen LogP contribution in [0.2, 0.25) is 0 Å². The number of rotatable bonds is 9. The second-order valence-corrected chi connectivity index (χ2v) is 13.0. The Morgan fingerprint density at radius 1 is 1.16 bits per heavy atom. The predicted octanol–water partition coefficient (Wildman–Crippen LogP) is 6.75.